The zero-order chi connectivity index (χ0) is 35.9. The van der Waals surface area contributed by atoms with Gasteiger partial charge in [-0.2, -0.15) is 0 Å². The van der Waals surface area contributed by atoms with Gasteiger partial charge in [-0.05, 0) is 86.7 Å². The predicted octanol–water partition coefficient (Wildman–Crippen LogP) is 13.1. The Balaban J connectivity index is 1.07. The zero-order valence-electron chi connectivity index (χ0n) is 30.1. The number of rotatable bonds is 6. The smallest absolute Gasteiger partial charge is 0.164 e. The molecule has 0 saturated heterocycles. The molecule has 0 aliphatic heterocycles. The van der Waals surface area contributed by atoms with Crippen LogP contribution in [0, 0.1) is 0 Å². The number of benzene rings is 7. The van der Waals surface area contributed by atoms with Crippen molar-refractivity contribution in [3.8, 4) is 78.7 Å². The molecule has 1 saturated carbocycles. The van der Waals surface area contributed by atoms with E-state index in [9.17, 15) is 0 Å². The van der Waals surface area contributed by atoms with E-state index in [1.54, 1.807) is 0 Å². The standard InChI is InChI=1S/C51H39N3/c1-4-14-35(15-5-1)37-24-26-38(27-25-37)48-52-49(42-20-12-18-39(32-42)36-16-6-2-7-17-36)54-50(53-48)43-21-13-19-40(33-43)41-28-29-45-44-22-8-9-23-46(44)51(47(45)34-41)30-10-3-11-31-51/h1-2,4-9,12-29,32-34H,3,10-11,30-31H2. The van der Waals surface area contributed by atoms with Crippen LogP contribution in [0.3, 0.4) is 0 Å². The van der Waals surface area contributed by atoms with Crippen molar-refractivity contribution in [3.05, 3.63) is 187 Å². The van der Waals surface area contributed by atoms with E-state index in [2.05, 4.69) is 164 Å². The lowest BCUT2D eigenvalue weighted by molar-refractivity contribution is 0.353. The van der Waals surface area contributed by atoms with E-state index in [0.717, 1.165) is 33.4 Å². The van der Waals surface area contributed by atoms with Gasteiger partial charge < -0.3 is 0 Å². The van der Waals surface area contributed by atoms with Crippen molar-refractivity contribution >= 4 is 0 Å². The van der Waals surface area contributed by atoms with Crippen molar-refractivity contribution in [1.29, 1.82) is 0 Å². The quantitative estimate of drug-likeness (QED) is 0.174. The van der Waals surface area contributed by atoms with E-state index >= 15 is 0 Å². The molecule has 0 bridgehead atoms. The van der Waals surface area contributed by atoms with Crippen LogP contribution in [0.2, 0.25) is 0 Å². The van der Waals surface area contributed by atoms with Crippen LogP contribution in [0.15, 0.2) is 176 Å². The van der Waals surface area contributed by atoms with Crippen molar-refractivity contribution in [2.45, 2.75) is 37.5 Å². The first kappa shape index (κ1) is 32.2. The number of hydrogen-bond acceptors (Lipinski definition) is 3. The minimum atomic E-state index is 0.111. The molecule has 0 amide bonds. The zero-order valence-corrected chi connectivity index (χ0v) is 30.1. The Labute approximate surface area is 317 Å². The molecular weight excluding hydrogens is 655 g/mol. The SMILES string of the molecule is c1ccc(-c2ccc(-c3nc(-c4cccc(-c5ccccc5)c4)nc(-c4cccc(-c5ccc6c(c5)C5(CCCCC5)c5ccccc5-6)c4)n3)cc2)cc1. The molecule has 1 heterocycles. The predicted molar refractivity (Wildman–Crippen MR) is 222 cm³/mol. The Morgan fingerprint density at radius 1 is 0.296 bits per heavy atom. The van der Waals surface area contributed by atoms with Crippen LogP contribution in [0.1, 0.15) is 43.2 Å². The Morgan fingerprint density at radius 2 is 0.722 bits per heavy atom. The molecule has 2 aliphatic carbocycles. The van der Waals surface area contributed by atoms with E-state index in [-0.39, 0.29) is 5.41 Å². The van der Waals surface area contributed by atoms with Gasteiger partial charge in [0.25, 0.3) is 0 Å². The molecule has 54 heavy (non-hydrogen) atoms. The maximum atomic E-state index is 5.17. The molecule has 10 rings (SSSR count). The Morgan fingerprint density at radius 3 is 1.37 bits per heavy atom. The fourth-order valence-corrected chi connectivity index (χ4v) is 8.84. The van der Waals surface area contributed by atoms with Gasteiger partial charge in [0.2, 0.25) is 0 Å². The molecule has 2 aliphatic rings. The summed E-state index contributed by atoms with van der Waals surface area (Å²) in [6.45, 7) is 0. The Kier molecular flexibility index (Phi) is 8.06. The van der Waals surface area contributed by atoms with Crippen LogP contribution >= 0.6 is 0 Å². The molecule has 3 heteroatoms. The maximum Gasteiger partial charge on any atom is 0.164 e. The minimum absolute atomic E-state index is 0.111. The molecule has 7 aromatic carbocycles. The first-order valence-electron chi connectivity index (χ1n) is 19.1. The molecule has 0 radical (unpaired) electrons. The summed E-state index contributed by atoms with van der Waals surface area (Å²) in [7, 11) is 0. The summed E-state index contributed by atoms with van der Waals surface area (Å²) in [5.41, 5.74) is 15.8. The molecule has 8 aromatic rings. The molecule has 1 aromatic heterocycles. The second-order valence-corrected chi connectivity index (χ2v) is 14.7. The fraction of sp³-hybridized carbons (Fsp3) is 0.118. The van der Waals surface area contributed by atoms with Crippen LogP contribution < -0.4 is 0 Å². The summed E-state index contributed by atoms with van der Waals surface area (Å²) < 4.78 is 0. The first-order valence-corrected chi connectivity index (χ1v) is 19.1. The summed E-state index contributed by atoms with van der Waals surface area (Å²) in [4.78, 5) is 15.4. The van der Waals surface area contributed by atoms with Crippen LogP contribution in [0.5, 0.6) is 0 Å². The molecular formula is C51H39N3. The van der Waals surface area contributed by atoms with Gasteiger partial charge in [-0.1, -0.05) is 177 Å². The minimum Gasteiger partial charge on any atom is -0.208 e. The largest absolute Gasteiger partial charge is 0.208 e. The van der Waals surface area contributed by atoms with Gasteiger partial charge in [-0.15, -0.1) is 0 Å². The number of nitrogens with zero attached hydrogens (tertiary/aromatic N) is 3. The van der Waals surface area contributed by atoms with E-state index in [0.29, 0.717) is 17.5 Å². The second-order valence-electron chi connectivity index (χ2n) is 14.7. The van der Waals surface area contributed by atoms with E-state index in [1.165, 1.54) is 71.0 Å². The van der Waals surface area contributed by atoms with Gasteiger partial charge >= 0.3 is 0 Å². The summed E-state index contributed by atoms with van der Waals surface area (Å²) >= 11 is 0. The molecule has 0 N–H and O–H groups in total. The summed E-state index contributed by atoms with van der Waals surface area (Å²) in [6, 6.07) is 62.9. The van der Waals surface area contributed by atoms with Crippen molar-refractivity contribution in [3.63, 3.8) is 0 Å². The van der Waals surface area contributed by atoms with Gasteiger partial charge in [0, 0.05) is 22.1 Å². The Bertz CT molecular complexity index is 2620. The topological polar surface area (TPSA) is 38.7 Å². The molecule has 0 atom stereocenters. The molecule has 258 valence electrons. The van der Waals surface area contributed by atoms with Gasteiger partial charge in [0.05, 0.1) is 0 Å². The molecule has 1 fully saturated rings. The third-order valence-electron chi connectivity index (χ3n) is 11.5. The van der Waals surface area contributed by atoms with Crippen molar-refractivity contribution in [1.82, 2.24) is 15.0 Å². The molecule has 1 spiro atoms. The highest BCUT2D eigenvalue weighted by atomic mass is 15.0. The van der Waals surface area contributed by atoms with Crippen LogP contribution in [0.25, 0.3) is 78.7 Å². The third kappa shape index (κ3) is 5.74. The number of aromatic nitrogens is 3. The monoisotopic (exact) mass is 693 g/mol. The van der Waals surface area contributed by atoms with Crippen LogP contribution in [-0.4, -0.2) is 15.0 Å². The van der Waals surface area contributed by atoms with Crippen molar-refractivity contribution < 1.29 is 0 Å². The highest BCUT2D eigenvalue weighted by Crippen LogP contribution is 2.56. The van der Waals surface area contributed by atoms with Gasteiger partial charge in [0.15, 0.2) is 17.5 Å². The van der Waals surface area contributed by atoms with Crippen LogP contribution in [-0.2, 0) is 5.41 Å². The van der Waals surface area contributed by atoms with Crippen LogP contribution in [0.4, 0.5) is 0 Å². The lowest BCUT2D eigenvalue weighted by Gasteiger charge is -2.36. The Hall–Kier alpha value is -6.45. The highest BCUT2D eigenvalue weighted by Gasteiger charge is 2.43. The highest BCUT2D eigenvalue weighted by molar-refractivity contribution is 5.85. The number of fused-ring (bicyclic) bond motifs is 5. The van der Waals surface area contributed by atoms with Gasteiger partial charge in [-0.3, -0.25) is 0 Å². The second kappa shape index (κ2) is 13.5. The lowest BCUT2D eigenvalue weighted by Crippen LogP contribution is -2.28. The van der Waals surface area contributed by atoms with Gasteiger partial charge in [-0.25, -0.2) is 15.0 Å². The average Bonchev–Trinajstić information content (AvgIpc) is 3.52. The van der Waals surface area contributed by atoms with E-state index < -0.39 is 0 Å². The fourth-order valence-electron chi connectivity index (χ4n) is 8.84. The van der Waals surface area contributed by atoms with E-state index in [1.807, 2.05) is 12.1 Å². The van der Waals surface area contributed by atoms with Crippen molar-refractivity contribution in [2.75, 3.05) is 0 Å². The van der Waals surface area contributed by atoms with Gasteiger partial charge in [0.1, 0.15) is 0 Å². The normalized spacial score (nSPS) is 14.1. The molecule has 0 unspecified atom stereocenters. The average molecular weight is 694 g/mol. The summed E-state index contributed by atoms with van der Waals surface area (Å²) in [6.07, 6.45) is 6.32. The summed E-state index contributed by atoms with van der Waals surface area (Å²) in [5.74, 6) is 1.96. The van der Waals surface area contributed by atoms with Crippen molar-refractivity contribution in [2.24, 2.45) is 0 Å². The number of hydrogen-bond donors (Lipinski definition) is 0. The first-order chi connectivity index (χ1) is 26.7. The summed E-state index contributed by atoms with van der Waals surface area (Å²) in [5, 5.41) is 0. The lowest BCUT2D eigenvalue weighted by atomic mass is 9.67. The maximum absolute atomic E-state index is 5.17. The molecule has 3 nitrogen and oxygen atoms in total. The third-order valence-corrected chi connectivity index (χ3v) is 11.5. The van der Waals surface area contributed by atoms with E-state index in [4.69, 9.17) is 15.0 Å².